The average molecular weight is 377 g/mol. The highest BCUT2D eigenvalue weighted by atomic mass is 127. The van der Waals surface area contributed by atoms with Crippen molar-refractivity contribution in [3.05, 3.63) is 23.8 Å². The number of hydrogen-bond acceptors (Lipinski definition) is 0. The van der Waals surface area contributed by atoms with Crippen LogP contribution in [-0.2, 0) is 0 Å². The van der Waals surface area contributed by atoms with Crippen molar-refractivity contribution in [2.45, 2.75) is 53.5 Å². The summed E-state index contributed by atoms with van der Waals surface area (Å²) in [6, 6.07) is 0.584. The third-order valence-corrected chi connectivity index (χ3v) is 5.09. The van der Waals surface area contributed by atoms with Gasteiger partial charge in [0.15, 0.2) is 0 Å². The number of allylic oxidation sites excluding steroid dienone is 3. The molecule has 2 atom stereocenters. The quantitative estimate of drug-likeness (QED) is 0.395. The molecule has 1 aliphatic carbocycles. The lowest BCUT2D eigenvalue weighted by molar-refractivity contribution is -0.904. The third-order valence-electron chi connectivity index (χ3n) is 5.09. The topological polar surface area (TPSA) is 0 Å². The first-order chi connectivity index (χ1) is 8.20. The van der Waals surface area contributed by atoms with Gasteiger partial charge >= 0.3 is 0 Å². The van der Waals surface area contributed by atoms with Gasteiger partial charge in [-0.25, -0.2) is 0 Å². The highest BCUT2D eigenvalue weighted by molar-refractivity contribution is 5.19. The summed E-state index contributed by atoms with van der Waals surface area (Å²) in [7, 11) is 4.62. The van der Waals surface area contributed by atoms with Crippen LogP contribution in [0.3, 0.4) is 0 Å². The van der Waals surface area contributed by atoms with E-state index in [4.69, 9.17) is 0 Å². The lowest BCUT2D eigenvalue weighted by atomic mass is 9.68. The fourth-order valence-corrected chi connectivity index (χ4v) is 2.78. The van der Waals surface area contributed by atoms with Gasteiger partial charge in [-0.05, 0) is 45.1 Å². The number of quaternary nitrogens is 1. The lowest BCUT2D eigenvalue weighted by Gasteiger charge is -2.38. The molecule has 1 rings (SSSR count). The van der Waals surface area contributed by atoms with Crippen LogP contribution in [0.25, 0.3) is 0 Å². The van der Waals surface area contributed by atoms with Crippen LogP contribution in [-0.4, -0.2) is 31.2 Å². The zero-order valence-electron chi connectivity index (χ0n) is 13.8. The Morgan fingerprint density at radius 2 is 2.00 bits per heavy atom. The van der Waals surface area contributed by atoms with Crippen molar-refractivity contribution in [2.24, 2.45) is 11.3 Å². The molecule has 0 fully saturated rings. The van der Waals surface area contributed by atoms with Crippen LogP contribution < -0.4 is 24.0 Å². The Morgan fingerprint density at radius 1 is 1.42 bits per heavy atom. The maximum absolute atomic E-state index is 2.46. The molecule has 0 radical (unpaired) electrons. The van der Waals surface area contributed by atoms with E-state index in [0.717, 1.165) is 4.48 Å². The molecule has 0 aliphatic heterocycles. The summed E-state index contributed by atoms with van der Waals surface area (Å²) in [5.74, 6) is 0.616. The van der Waals surface area contributed by atoms with Crippen molar-refractivity contribution in [3.63, 3.8) is 0 Å². The van der Waals surface area contributed by atoms with Gasteiger partial charge in [-0.3, -0.25) is 0 Å². The fourth-order valence-electron chi connectivity index (χ4n) is 2.78. The first-order valence-electron chi connectivity index (χ1n) is 7.38. The first-order valence-corrected chi connectivity index (χ1v) is 7.38. The first kappa shape index (κ1) is 19.2. The number of likely N-dealkylation sites (N-methyl/N-ethyl adjacent to an activating group) is 1. The van der Waals surface area contributed by atoms with Crippen LogP contribution in [0.1, 0.15) is 47.5 Å². The van der Waals surface area contributed by atoms with Gasteiger partial charge in [0.25, 0.3) is 0 Å². The van der Waals surface area contributed by atoms with Crippen LogP contribution >= 0.6 is 0 Å². The van der Waals surface area contributed by atoms with Crippen LogP contribution in [0.4, 0.5) is 0 Å². The molecule has 0 heterocycles. The number of rotatable bonds is 4. The molecule has 19 heavy (non-hydrogen) atoms. The van der Waals surface area contributed by atoms with E-state index in [2.05, 4.69) is 66.9 Å². The molecule has 112 valence electrons. The molecule has 1 aliphatic rings. The highest BCUT2D eigenvalue weighted by Crippen LogP contribution is 2.41. The van der Waals surface area contributed by atoms with Gasteiger partial charge in [-0.1, -0.05) is 31.6 Å². The summed E-state index contributed by atoms with van der Waals surface area (Å²) in [4.78, 5) is 0. The van der Waals surface area contributed by atoms with E-state index >= 15 is 0 Å². The Kier molecular flexibility index (Phi) is 7.32. The van der Waals surface area contributed by atoms with Gasteiger partial charge < -0.3 is 28.5 Å². The van der Waals surface area contributed by atoms with E-state index in [1.807, 2.05) is 0 Å². The van der Waals surface area contributed by atoms with Crippen LogP contribution in [0, 0.1) is 11.3 Å². The predicted octanol–water partition coefficient (Wildman–Crippen LogP) is 1.41. The van der Waals surface area contributed by atoms with E-state index < -0.39 is 0 Å². The van der Waals surface area contributed by atoms with E-state index in [1.165, 1.54) is 19.4 Å². The molecule has 0 saturated heterocycles. The van der Waals surface area contributed by atoms with Crippen molar-refractivity contribution in [3.8, 4) is 0 Å². The van der Waals surface area contributed by atoms with Gasteiger partial charge in [-0.2, -0.15) is 0 Å². The molecule has 0 bridgehead atoms. The Hall–Kier alpha value is 0.170. The molecule has 0 aromatic carbocycles. The van der Waals surface area contributed by atoms with E-state index in [9.17, 15) is 0 Å². The minimum atomic E-state index is 0. The maximum Gasteiger partial charge on any atom is 0.104 e. The Balaban J connectivity index is 0.00000324. The Labute approximate surface area is 137 Å². The zero-order valence-corrected chi connectivity index (χ0v) is 16.0. The van der Waals surface area contributed by atoms with Crippen LogP contribution in [0.2, 0.25) is 0 Å². The number of halogens is 1. The third kappa shape index (κ3) is 4.89. The number of hydrogen-bond donors (Lipinski definition) is 0. The minimum Gasteiger partial charge on any atom is -1.00 e. The van der Waals surface area contributed by atoms with Crippen molar-refractivity contribution >= 4 is 0 Å². The van der Waals surface area contributed by atoms with Crippen LogP contribution in [0.5, 0.6) is 0 Å². The van der Waals surface area contributed by atoms with Crippen LogP contribution in [0.15, 0.2) is 23.8 Å². The molecule has 2 heteroatoms. The minimum absolute atomic E-state index is 0. The van der Waals surface area contributed by atoms with Crippen molar-refractivity contribution in [1.82, 2.24) is 0 Å². The molecular weight excluding hydrogens is 345 g/mol. The normalized spacial score (nSPS) is 24.8. The molecular formula is C17H32IN. The molecule has 0 amide bonds. The number of nitrogens with zero attached hydrogens (tertiary/aromatic N) is 1. The van der Waals surface area contributed by atoms with Gasteiger partial charge in [0.1, 0.15) is 6.04 Å². The zero-order chi connectivity index (χ0) is 14.0. The standard InChI is InChI=1S/C17H32N.HI/c1-8-18(6,7)15(3)11-12-16-14(2)10-9-13-17(16,4)5;/h10-12,15-16H,8-9,13H2,1-7H3;1H/q+1;/p-1/b12-11+;. The predicted molar refractivity (Wildman–Crippen MR) is 81.5 cm³/mol. The average Bonchev–Trinajstić information content (AvgIpc) is 2.27. The SMILES string of the molecule is CC[N+](C)(C)C(C)/C=C/C1C(C)=CCCC1(C)C.[I-]. The van der Waals surface area contributed by atoms with Gasteiger partial charge in [0.05, 0.1) is 20.6 Å². The second-order valence-corrected chi connectivity index (χ2v) is 7.17. The summed E-state index contributed by atoms with van der Waals surface area (Å²) in [5, 5.41) is 0. The fraction of sp³-hybridized carbons (Fsp3) is 0.765. The van der Waals surface area contributed by atoms with E-state index in [0.29, 0.717) is 17.4 Å². The maximum atomic E-state index is 2.46. The summed E-state index contributed by atoms with van der Waals surface area (Å²) >= 11 is 0. The summed E-state index contributed by atoms with van der Waals surface area (Å²) in [5.41, 5.74) is 1.97. The van der Waals surface area contributed by atoms with Gasteiger partial charge in [0.2, 0.25) is 0 Å². The van der Waals surface area contributed by atoms with Gasteiger partial charge in [-0.15, -0.1) is 0 Å². The lowest BCUT2D eigenvalue weighted by Crippen LogP contribution is -3.00. The van der Waals surface area contributed by atoms with Crippen molar-refractivity contribution in [1.29, 1.82) is 0 Å². The molecule has 0 spiro atoms. The monoisotopic (exact) mass is 377 g/mol. The smallest absolute Gasteiger partial charge is 0.104 e. The summed E-state index contributed by atoms with van der Waals surface area (Å²) < 4.78 is 1.06. The molecule has 0 aromatic heterocycles. The molecule has 0 aromatic rings. The van der Waals surface area contributed by atoms with E-state index in [1.54, 1.807) is 5.57 Å². The molecule has 2 unspecified atom stereocenters. The molecule has 0 N–H and O–H groups in total. The van der Waals surface area contributed by atoms with Gasteiger partial charge in [0, 0.05) is 5.92 Å². The summed E-state index contributed by atoms with van der Waals surface area (Å²) in [6.07, 6.45) is 9.86. The van der Waals surface area contributed by atoms with Crippen molar-refractivity contribution < 1.29 is 28.5 Å². The highest BCUT2D eigenvalue weighted by Gasteiger charge is 2.31. The largest absolute Gasteiger partial charge is 1.00 e. The second kappa shape index (κ2) is 7.26. The summed E-state index contributed by atoms with van der Waals surface area (Å²) in [6.45, 7) is 12.9. The second-order valence-electron chi connectivity index (χ2n) is 7.17. The molecule has 1 nitrogen and oxygen atoms in total. The Bertz CT molecular complexity index is 339. The van der Waals surface area contributed by atoms with E-state index in [-0.39, 0.29) is 24.0 Å². The molecule has 0 saturated carbocycles. The van der Waals surface area contributed by atoms with Crippen molar-refractivity contribution in [2.75, 3.05) is 20.6 Å². The Morgan fingerprint density at radius 3 is 2.47 bits per heavy atom.